The van der Waals surface area contributed by atoms with Gasteiger partial charge >= 0.3 is 0 Å². The summed E-state index contributed by atoms with van der Waals surface area (Å²) in [6, 6.07) is 8.23. The third-order valence-electron chi connectivity index (χ3n) is 2.57. The van der Waals surface area contributed by atoms with Gasteiger partial charge in [0.25, 0.3) is 0 Å². The molecule has 3 N–H and O–H groups in total. The lowest BCUT2D eigenvalue weighted by atomic mass is 10.1. The van der Waals surface area contributed by atoms with Gasteiger partial charge in [0.15, 0.2) is 0 Å². The predicted molar refractivity (Wildman–Crippen MR) is 67.6 cm³/mol. The van der Waals surface area contributed by atoms with Crippen molar-refractivity contribution in [1.29, 1.82) is 5.26 Å². The van der Waals surface area contributed by atoms with Gasteiger partial charge in [-0.1, -0.05) is 6.07 Å². The van der Waals surface area contributed by atoms with E-state index in [1.54, 1.807) is 6.07 Å². The van der Waals surface area contributed by atoms with Gasteiger partial charge in [-0.2, -0.15) is 5.26 Å². The number of nitrogens with one attached hydrogen (secondary N) is 1. The second kappa shape index (κ2) is 4.64. The average Bonchev–Trinajstić information content (AvgIpc) is 3.09. The van der Waals surface area contributed by atoms with E-state index in [9.17, 15) is 0 Å². The maximum atomic E-state index is 8.99. The number of hydrogen-bond donors (Lipinski definition) is 2. The molecule has 0 unspecified atom stereocenters. The van der Waals surface area contributed by atoms with Crippen LogP contribution in [-0.4, -0.2) is 17.4 Å². The minimum Gasteiger partial charge on any atom is -0.398 e. The molecule has 0 aromatic heterocycles. The summed E-state index contributed by atoms with van der Waals surface area (Å²) >= 11 is 1.51. The first-order chi connectivity index (χ1) is 7.72. The molecular formula is C11H14N4S. The predicted octanol–water partition coefficient (Wildman–Crippen LogP) is 2.21. The van der Waals surface area contributed by atoms with Crippen molar-refractivity contribution in [2.24, 2.45) is 0 Å². The van der Waals surface area contributed by atoms with Crippen LogP contribution in [0.15, 0.2) is 18.2 Å². The Morgan fingerprint density at radius 2 is 2.31 bits per heavy atom. The van der Waals surface area contributed by atoms with Gasteiger partial charge in [0.05, 0.1) is 16.9 Å². The Bertz CT molecular complexity index is 422. The quantitative estimate of drug-likeness (QED) is 0.617. The Kier molecular flexibility index (Phi) is 3.22. The normalized spacial score (nSPS) is 14.8. The first-order valence-corrected chi connectivity index (χ1v) is 5.94. The van der Waals surface area contributed by atoms with E-state index < -0.39 is 0 Å². The minimum absolute atomic E-state index is 0.513. The van der Waals surface area contributed by atoms with Crippen molar-refractivity contribution in [2.75, 3.05) is 17.5 Å². The van der Waals surface area contributed by atoms with Gasteiger partial charge in [-0.3, -0.25) is 0 Å². The first kappa shape index (κ1) is 11.1. The molecule has 0 spiro atoms. The van der Waals surface area contributed by atoms with Crippen LogP contribution in [0.25, 0.3) is 0 Å². The average molecular weight is 234 g/mol. The van der Waals surface area contributed by atoms with E-state index in [1.807, 2.05) is 19.2 Å². The molecule has 1 aromatic rings. The van der Waals surface area contributed by atoms with E-state index in [1.165, 1.54) is 25.0 Å². The van der Waals surface area contributed by atoms with Crippen LogP contribution in [0.4, 0.5) is 11.4 Å². The molecule has 0 saturated heterocycles. The van der Waals surface area contributed by atoms with E-state index in [-0.39, 0.29) is 0 Å². The van der Waals surface area contributed by atoms with Crippen molar-refractivity contribution in [2.45, 2.75) is 18.9 Å². The van der Waals surface area contributed by atoms with E-state index >= 15 is 0 Å². The van der Waals surface area contributed by atoms with Gasteiger partial charge in [-0.05, 0) is 32.0 Å². The molecule has 0 bridgehead atoms. The van der Waals surface area contributed by atoms with E-state index in [0.29, 0.717) is 17.3 Å². The smallest absolute Gasteiger partial charge is 0.104 e. The van der Waals surface area contributed by atoms with Crippen molar-refractivity contribution < 1.29 is 0 Å². The topological polar surface area (TPSA) is 65.1 Å². The summed E-state index contributed by atoms with van der Waals surface area (Å²) in [7, 11) is 2.05. The first-order valence-electron chi connectivity index (χ1n) is 5.16. The molecule has 0 heterocycles. The van der Waals surface area contributed by atoms with Crippen LogP contribution in [0, 0.1) is 11.3 Å². The van der Waals surface area contributed by atoms with Crippen molar-refractivity contribution in [3.8, 4) is 6.07 Å². The molecule has 1 aliphatic carbocycles. The Labute approximate surface area is 99.7 Å². The van der Waals surface area contributed by atoms with Crippen molar-refractivity contribution in [3.05, 3.63) is 23.8 Å². The molecule has 5 heteroatoms. The molecular weight excluding hydrogens is 220 g/mol. The van der Waals surface area contributed by atoms with Crippen LogP contribution in [0.1, 0.15) is 18.4 Å². The van der Waals surface area contributed by atoms with E-state index in [4.69, 9.17) is 11.0 Å². The van der Waals surface area contributed by atoms with Crippen molar-refractivity contribution >= 4 is 23.5 Å². The zero-order chi connectivity index (χ0) is 11.5. The molecule has 0 radical (unpaired) electrons. The van der Waals surface area contributed by atoms with Crippen LogP contribution in [0.2, 0.25) is 0 Å². The molecule has 0 amide bonds. The van der Waals surface area contributed by atoms with Gasteiger partial charge in [0.1, 0.15) is 6.07 Å². The lowest BCUT2D eigenvalue weighted by molar-refractivity contribution is 0.561. The zero-order valence-corrected chi connectivity index (χ0v) is 9.92. The second-order valence-corrected chi connectivity index (χ2v) is 4.81. The minimum atomic E-state index is 0.513. The molecule has 0 aliphatic heterocycles. The SMILES string of the molecule is CN(SNc1cccc(N)c1C#N)C1CC1. The molecule has 84 valence electrons. The summed E-state index contributed by atoms with van der Waals surface area (Å²) in [5.74, 6) is 0. The molecule has 1 saturated carbocycles. The summed E-state index contributed by atoms with van der Waals surface area (Å²) < 4.78 is 5.34. The molecule has 1 fully saturated rings. The van der Waals surface area contributed by atoms with Gasteiger partial charge in [-0.25, -0.2) is 4.31 Å². The van der Waals surface area contributed by atoms with Crippen molar-refractivity contribution in [1.82, 2.24) is 4.31 Å². The molecule has 16 heavy (non-hydrogen) atoms. The number of nitrogens with two attached hydrogens (primary N) is 1. The molecule has 0 atom stereocenters. The largest absolute Gasteiger partial charge is 0.398 e. The lowest BCUT2D eigenvalue weighted by Crippen LogP contribution is -2.14. The fourth-order valence-electron chi connectivity index (χ4n) is 1.41. The maximum absolute atomic E-state index is 8.99. The third-order valence-corrected chi connectivity index (χ3v) is 3.47. The fourth-order valence-corrected chi connectivity index (χ4v) is 2.19. The monoisotopic (exact) mass is 234 g/mol. The molecule has 2 rings (SSSR count). The standard InChI is InChI=1S/C11H14N4S/c1-15(8-5-6-8)16-14-11-4-2-3-10(13)9(11)7-12/h2-4,8,14H,5-6,13H2,1H3. The summed E-state index contributed by atoms with van der Waals surface area (Å²) in [4.78, 5) is 0. The van der Waals surface area contributed by atoms with Gasteiger partial charge < -0.3 is 10.5 Å². The van der Waals surface area contributed by atoms with Crippen LogP contribution < -0.4 is 10.5 Å². The second-order valence-electron chi connectivity index (χ2n) is 3.85. The number of nitriles is 1. The van der Waals surface area contributed by atoms with Crippen LogP contribution >= 0.6 is 12.1 Å². The number of hydrogen-bond acceptors (Lipinski definition) is 5. The van der Waals surface area contributed by atoms with Crippen molar-refractivity contribution in [3.63, 3.8) is 0 Å². The lowest BCUT2D eigenvalue weighted by Gasteiger charge is -2.16. The fraction of sp³-hybridized carbons (Fsp3) is 0.364. The highest BCUT2D eigenvalue weighted by Gasteiger charge is 2.26. The Hall–Kier alpha value is -1.38. The van der Waals surface area contributed by atoms with Crippen LogP contribution in [0.5, 0.6) is 0 Å². The van der Waals surface area contributed by atoms with Crippen LogP contribution in [-0.2, 0) is 0 Å². The zero-order valence-electron chi connectivity index (χ0n) is 9.10. The number of nitrogen functional groups attached to an aromatic ring is 1. The number of benzene rings is 1. The highest BCUT2D eigenvalue weighted by atomic mass is 32.2. The van der Waals surface area contributed by atoms with E-state index in [2.05, 4.69) is 15.1 Å². The Balaban J connectivity index is 2.03. The summed E-state index contributed by atoms with van der Waals surface area (Å²) in [5, 5.41) is 8.99. The number of anilines is 2. The van der Waals surface area contributed by atoms with Gasteiger partial charge in [-0.15, -0.1) is 0 Å². The Morgan fingerprint density at radius 3 is 2.94 bits per heavy atom. The van der Waals surface area contributed by atoms with E-state index in [0.717, 1.165) is 5.69 Å². The number of rotatable bonds is 4. The van der Waals surface area contributed by atoms with Gasteiger partial charge in [0.2, 0.25) is 0 Å². The number of nitrogens with zero attached hydrogens (tertiary/aromatic N) is 2. The Morgan fingerprint density at radius 1 is 1.56 bits per heavy atom. The molecule has 4 nitrogen and oxygen atoms in total. The molecule has 1 aliphatic rings. The van der Waals surface area contributed by atoms with Crippen LogP contribution in [0.3, 0.4) is 0 Å². The summed E-state index contributed by atoms with van der Waals surface area (Å²) in [5.41, 5.74) is 7.53. The summed E-state index contributed by atoms with van der Waals surface area (Å²) in [6.45, 7) is 0. The van der Waals surface area contributed by atoms with Gasteiger partial charge in [0, 0.05) is 18.2 Å². The molecule has 1 aromatic carbocycles. The summed E-state index contributed by atoms with van der Waals surface area (Å²) in [6.07, 6.45) is 2.51. The maximum Gasteiger partial charge on any atom is 0.104 e. The highest BCUT2D eigenvalue weighted by molar-refractivity contribution is 7.98. The third kappa shape index (κ3) is 2.40. The highest BCUT2D eigenvalue weighted by Crippen LogP contribution is 2.32.